The molecule has 5 heteroatoms. The Balaban J connectivity index is 2.67. The van der Waals surface area contributed by atoms with Crippen LogP contribution in [-0.4, -0.2) is 21.2 Å². The maximum atomic E-state index is 11.9. The minimum Gasteiger partial charge on any atom is -0.322 e. The molecule has 1 unspecified atom stereocenters. The van der Waals surface area contributed by atoms with E-state index in [2.05, 4.69) is 10.4 Å². The zero-order chi connectivity index (χ0) is 13.1. The summed E-state index contributed by atoms with van der Waals surface area (Å²) in [5, 5.41) is 6.95. The molecule has 0 aliphatic carbocycles. The first kappa shape index (κ1) is 13.7. The van der Waals surface area contributed by atoms with Crippen LogP contribution in [0.1, 0.15) is 46.6 Å². The number of nitrogens with zero attached hydrogens (tertiary/aromatic N) is 2. The van der Waals surface area contributed by atoms with Crippen LogP contribution in [0.3, 0.4) is 0 Å². The van der Waals surface area contributed by atoms with Gasteiger partial charge in [0.05, 0.1) is 17.4 Å². The lowest BCUT2D eigenvalue weighted by atomic mass is 9.96. The molecule has 1 rings (SSSR count). The first-order valence-electron chi connectivity index (χ1n) is 6.01. The van der Waals surface area contributed by atoms with Gasteiger partial charge in [-0.25, -0.2) is 0 Å². The third-order valence-corrected chi connectivity index (χ3v) is 2.68. The second-order valence-electron chi connectivity index (χ2n) is 4.92. The number of amides is 1. The molecule has 5 nitrogen and oxygen atoms in total. The normalized spacial score (nSPS) is 14.7. The summed E-state index contributed by atoms with van der Waals surface area (Å²) in [5.41, 5.74) is 5.81. The zero-order valence-corrected chi connectivity index (χ0v) is 11.0. The molecule has 0 aliphatic rings. The highest BCUT2D eigenvalue weighted by molar-refractivity contribution is 5.97. The van der Waals surface area contributed by atoms with E-state index in [0.29, 0.717) is 12.1 Å². The fourth-order valence-corrected chi connectivity index (χ4v) is 1.59. The van der Waals surface area contributed by atoms with Gasteiger partial charge in [-0.2, -0.15) is 5.10 Å². The van der Waals surface area contributed by atoms with Gasteiger partial charge in [0.25, 0.3) is 0 Å². The predicted molar refractivity (Wildman–Crippen MR) is 68.7 cm³/mol. The van der Waals surface area contributed by atoms with Gasteiger partial charge in [0.2, 0.25) is 5.91 Å². The van der Waals surface area contributed by atoms with Gasteiger partial charge >= 0.3 is 0 Å². The van der Waals surface area contributed by atoms with E-state index in [-0.39, 0.29) is 11.9 Å². The highest BCUT2D eigenvalue weighted by Crippen LogP contribution is 2.14. The number of hydrogen-bond donors (Lipinski definition) is 2. The Hall–Kier alpha value is -1.36. The third-order valence-electron chi connectivity index (χ3n) is 2.68. The quantitative estimate of drug-likeness (QED) is 0.823. The number of aromatic nitrogens is 2. The molecule has 0 spiro atoms. The van der Waals surface area contributed by atoms with Crippen LogP contribution in [0.5, 0.6) is 0 Å². The fraction of sp³-hybridized carbons (Fsp3) is 0.667. The molecule has 0 saturated heterocycles. The zero-order valence-electron chi connectivity index (χ0n) is 11.0. The lowest BCUT2D eigenvalue weighted by molar-refractivity contribution is -0.120. The van der Waals surface area contributed by atoms with Crippen LogP contribution in [0, 0.1) is 0 Å². The second-order valence-corrected chi connectivity index (χ2v) is 4.92. The SMILES string of the molecule is CCCC(C)(N)C(=O)Nc1cnn(C(C)C)c1. The van der Waals surface area contributed by atoms with Crippen LogP contribution in [0.2, 0.25) is 0 Å². The van der Waals surface area contributed by atoms with E-state index in [1.165, 1.54) is 0 Å². The highest BCUT2D eigenvalue weighted by Gasteiger charge is 2.27. The van der Waals surface area contributed by atoms with Crippen LogP contribution in [0.4, 0.5) is 5.69 Å². The van der Waals surface area contributed by atoms with Crippen LogP contribution >= 0.6 is 0 Å². The molecule has 96 valence electrons. The molecule has 3 N–H and O–H groups in total. The average molecular weight is 238 g/mol. The Morgan fingerprint density at radius 3 is 2.76 bits per heavy atom. The van der Waals surface area contributed by atoms with Crippen LogP contribution in [0.15, 0.2) is 12.4 Å². The van der Waals surface area contributed by atoms with Gasteiger partial charge in [0.15, 0.2) is 0 Å². The minimum atomic E-state index is -0.825. The Labute approximate surface area is 102 Å². The van der Waals surface area contributed by atoms with Gasteiger partial charge < -0.3 is 11.1 Å². The van der Waals surface area contributed by atoms with E-state index in [4.69, 9.17) is 5.73 Å². The number of carbonyl (C=O) groups is 1. The van der Waals surface area contributed by atoms with Gasteiger partial charge in [-0.3, -0.25) is 9.48 Å². The summed E-state index contributed by atoms with van der Waals surface area (Å²) >= 11 is 0. The molecule has 1 atom stereocenters. The summed E-state index contributed by atoms with van der Waals surface area (Å²) in [6.07, 6.45) is 4.99. The number of nitrogens with one attached hydrogen (secondary N) is 1. The molecular formula is C12H22N4O. The van der Waals surface area contributed by atoms with E-state index < -0.39 is 5.54 Å². The molecule has 17 heavy (non-hydrogen) atoms. The standard InChI is InChI=1S/C12H22N4O/c1-5-6-12(4,13)11(17)15-10-7-14-16(8-10)9(2)3/h7-9H,5-6,13H2,1-4H3,(H,15,17). The molecule has 1 amide bonds. The second kappa shape index (κ2) is 5.31. The minimum absolute atomic E-state index is 0.164. The topological polar surface area (TPSA) is 72.9 Å². The molecule has 1 aromatic heterocycles. The van der Waals surface area contributed by atoms with Gasteiger partial charge in [0.1, 0.15) is 0 Å². The van der Waals surface area contributed by atoms with Gasteiger partial charge in [-0.05, 0) is 27.2 Å². The lowest BCUT2D eigenvalue weighted by Gasteiger charge is -2.22. The first-order chi connectivity index (χ1) is 7.86. The van der Waals surface area contributed by atoms with Gasteiger partial charge in [0, 0.05) is 12.2 Å². The fourth-order valence-electron chi connectivity index (χ4n) is 1.59. The summed E-state index contributed by atoms with van der Waals surface area (Å²) in [6.45, 7) is 7.82. The van der Waals surface area contributed by atoms with E-state index in [9.17, 15) is 4.79 Å². The molecule has 0 bridgehead atoms. The molecule has 0 saturated carbocycles. The summed E-state index contributed by atoms with van der Waals surface area (Å²) in [5.74, 6) is -0.164. The highest BCUT2D eigenvalue weighted by atomic mass is 16.2. The summed E-state index contributed by atoms with van der Waals surface area (Å²) in [4.78, 5) is 11.9. The molecular weight excluding hydrogens is 216 g/mol. The largest absolute Gasteiger partial charge is 0.322 e. The van der Waals surface area contributed by atoms with Crippen molar-refractivity contribution in [3.05, 3.63) is 12.4 Å². The summed E-state index contributed by atoms with van der Waals surface area (Å²) in [6, 6.07) is 0.278. The third kappa shape index (κ3) is 3.56. The smallest absolute Gasteiger partial charge is 0.244 e. The van der Waals surface area contributed by atoms with E-state index >= 15 is 0 Å². The maximum absolute atomic E-state index is 11.9. The monoisotopic (exact) mass is 238 g/mol. The van der Waals surface area contributed by atoms with E-state index in [0.717, 1.165) is 6.42 Å². The number of rotatable bonds is 5. The van der Waals surface area contributed by atoms with Crippen molar-refractivity contribution in [3.63, 3.8) is 0 Å². The Morgan fingerprint density at radius 1 is 1.65 bits per heavy atom. The average Bonchev–Trinajstić information content (AvgIpc) is 2.66. The maximum Gasteiger partial charge on any atom is 0.244 e. The van der Waals surface area contributed by atoms with Crippen molar-refractivity contribution in [1.82, 2.24) is 9.78 Å². The number of carbonyl (C=O) groups excluding carboxylic acids is 1. The predicted octanol–water partition coefficient (Wildman–Crippen LogP) is 1.92. The van der Waals surface area contributed by atoms with Crippen molar-refractivity contribution in [1.29, 1.82) is 0 Å². The van der Waals surface area contributed by atoms with Crippen molar-refractivity contribution in [2.24, 2.45) is 5.73 Å². The van der Waals surface area contributed by atoms with Crippen molar-refractivity contribution < 1.29 is 4.79 Å². The van der Waals surface area contributed by atoms with Crippen molar-refractivity contribution in [2.75, 3.05) is 5.32 Å². The summed E-state index contributed by atoms with van der Waals surface area (Å²) < 4.78 is 1.79. The molecule has 1 aromatic rings. The molecule has 0 fully saturated rings. The Kier molecular flexibility index (Phi) is 4.28. The van der Waals surface area contributed by atoms with E-state index in [1.54, 1.807) is 17.8 Å². The van der Waals surface area contributed by atoms with Gasteiger partial charge in [-0.15, -0.1) is 0 Å². The first-order valence-corrected chi connectivity index (χ1v) is 6.01. The van der Waals surface area contributed by atoms with Crippen LogP contribution in [-0.2, 0) is 4.79 Å². The van der Waals surface area contributed by atoms with Crippen LogP contribution < -0.4 is 11.1 Å². The Morgan fingerprint density at radius 2 is 2.29 bits per heavy atom. The van der Waals surface area contributed by atoms with E-state index in [1.807, 2.05) is 27.0 Å². The van der Waals surface area contributed by atoms with Crippen molar-refractivity contribution in [3.8, 4) is 0 Å². The molecule has 0 aromatic carbocycles. The summed E-state index contributed by atoms with van der Waals surface area (Å²) in [7, 11) is 0. The van der Waals surface area contributed by atoms with Crippen LogP contribution in [0.25, 0.3) is 0 Å². The number of anilines is 1. The molecule has 1 heterocycles. The van der Waals surface area contributed by atoms with Crippen molar-refractivity contribution in [2.45, 2.75) is 52.1 Å². The van der Waals surface area contributed by atoms with Gasteiger partial charge in [-0.1, -0.05) is 13.3 Å². The number of hydrogen-bond acceptors (Lipinski definition) is 3. The molecule has 0 radical (unpaired) electrons. The lowest BCUT2D eigenvalue weighted by Crippen LogP contribution is -2.48. The number of nitrogens with two attached hydrogens (primary N) is 1. The molecule has 0 aliphatic heterocycles. The Bertz CT molecular complexity index is 382. The van der Waals surface area contributed by atoms with Crippen molar-refractivity contribution >= 4 is 11.6 Å².